The third kappa shape index (κ3) is 2.84. The molecule has 0 atom stereocenters. The van der Waals surface area contributed by atoms with Crippen LogP contribution in [-0.2, 0) is 0 Å². The number of nitriles is 1. The third-order valence-electron chi connectivity index (χ3n) is 1.05. The number of halogens is 1. The van der Waals surface area contributed by atoms with Crippen LogP contribution in [0, 0.1) is 11.3 Å². The molecule has 2 nitrogen and oxygen atoms in total. The van der Waals surface area contributed by atoms with E-state index in [2.05, 4.69) is 5.32 Å². The second kappa shape index (κ2) is 3.71. The Hall–Kier alpha value is -0.260. The van der Waals surface area contributed by atoms with Crippen molar-refractivity contribution < 1.29 is 0 Å². The molecule has 1 N–H and O–H groups in total. The van der Waals surface area contributed by atoms with Gasteiger partial charge in [0.05, 0.1) is 12.6 Å². The third-order valence-corrected chi connectivity index (χ3v) is 1.05. The first-order chi connectivity index (χ1) is 3.43. The van der Waals surface area contributed by atoms with E-state index in [9.17, 15) is 0 Å². The van der Waals surface area contributed by atoms with Crippen LogP contribution in [0.3, 0.4) is 0 Å². The zero-order valence-electron chi connectivity index (χ0n) is 4.55. The van der Waals surface area contributed by atoms with Crippen molar-refractivity contribution in [2.45, 2.75) is 18.9 Å². The molecule has 0 heterocycles. The molecule has 0 aromatic rings. The molecule has 8 heavy (non-hydrogen) atoms. The van der Waals surface area contributed by atoms with Crippen LogP contribution in [0.15, 0.2) is 0 Å². The Kier molecular flexibility index (Phi) is 3.59. The Morgan fingerprint density at radius 1 is 1.62 bits per heavy atom. The van der Waals surface area contributed by atoms with Crippen LogP contribution in [-0.4, -0.2) is 12.6 Å². The standard InChI is InChI=1S/C5H8N2.ClH/c6-3-4-7-5-1-2-5;/h5,7H,1-2,4H2;1H. The monoisotopic (exact) mass is 132 g/mol. The van der Waals surface area contributed by atoms with Gasteiger partial charge in [-0.25, -0.2) is 0 Å². The Bertz CT molecular complexity index is 93.1. The van der Waals surface area contributed by atoms with Crippen LogP contribution in [0.4, 0.5) is 0 Å². The first-order valence-corrected chi connectivity index (χ1v) is 2.54. The SMILES string of the molecule is Cl.N#CCNC1CC1. The van der Waals surface area contributed by atoms with Crippen molar-refractivity contribution in [3.63, 3.8) is 0 Å². The van der Waals surface area contributed by atoms with Gasteiger partial charge in [0, 0.05) is 6.04 Å². The van der Waals surface area contributed by atoms with Crippen LogP contribution < -0.4 is 5.32 Å². The second-order valence-corrected chi connectivity index (χ2v) is 1.81. The number of rotatable bonds is 2. The zero-order chi connectivity index (χ0) is 5.11. The van der Waals surface area contributed by atoms with Gasteiger partial charge in [-0.3, -0.25) is 0 Å². The van der Waals surface area contributed by atoms with Gasteiger partial charge < -0.3 is 5.32 Å². The van der Waals surface area contributed by atoms with Crippen molar-refractivity contribution in [3.8, 4) is 6.07 Å². The first kappa shape index (κ1) is 7.74. The fourth-order valence-corrected chi connectivity index (χ4v) is 0.477. The Morgan fingerprint density at radius 3 is 2.62 bits per heavy atom. The maximum absolute atomic E-state index is 8.03. The van der Waals surface area contributed by atoms with Crippen LogP contribution >= 0.6 is 12.4 Å². The predicted octanol–water partition coefficient (Wildman–Crippen LogP) is 0.684. The summed E-state index contributed by atoms with van der Waals surface area (Å²) < 4.78 is 0. The van der Waals surface area contributed by atoms with Gasteiger partial charge in [0.15, 0.2) is 0 Å². The molecule has 46 valence electrons. The summed E-state index contributed by atoms with van der Waals surface area (Å²) in [7, 11) is 0. The highest BCUT2D eigenvalue weighted by atomic mass is 35.5. The van der Waals surface area contributed by atoms with E-state index in [4.69, 9.17) is 5.26 Å². The maximum Gasteiger partial charge on any atom is 0.0843 e. The van der Waals surface area contributed by atoms with Gasteiger partial charge in [0.25, 0.3) is 0 Å². The maximum atomic E-state index is 8.03. The zero-order valence-corrected chi connectivity index (χ0v) is 5.37. The minimum atomic E-state index is 0. The number of hydrogen-bond acceptors (Lipinski definition) is 2. The van der Waals surface area contributed by atoms with E-state index >= 15 is 0 Å². The minimum absolute atomic E-state index is 0. The molecule has 0 radical (unpaired) electrons. The highest BCUT2D eigenvalue weighted by Crippen LogP contribution is 2.17. The van der Waals surface area contributed by atoms with Gasteiger partial charge in [-0.15, -0.1) is 12.4 Å². The highest BCUT2D eigenvalue weighted by molar-refractivity contribution is 5.85. The van der Waals surface area contributed by atoms with Gasteiger partial charge in [-0.2, -0.15) is 5.26 Å². The second-order valence-electron chi connectivity index (χ2n) is 1.81. The van der Waals surface area contributed by atoms with E-state index in [0.717, 1.165) is 0 Å². The van der Waals surface area contributed by atoms with Crippen LogP contribution in [0.25, 0.3) is 0 Å². The quantitative estimate of drug-likeness (QED) is 0.561. The summed E-state index contributed by atoms with van der Waals surface area (Å²) >= 11 is 0. The average molecular weight is 133 g/mol. The minimum Gasteiger partial charge on any atom is -0.302 e. The van der Waals surface area contributed by atoms with E-state index in [1.807, 2.05) is 6.07 Å². The molecule has 0 aliphatic heterocycles. The molecular formula is C5H9ClN2. The molecular weight excluding hydrogens is 124 g/mol. The molecule has 0 aromatic carbocycles. The lowest BCUT2D eigenvalue weighted by Crippen LogP contribution is -2.15. The first-order valence-electron chi connectivity index (χ1n) is 2.54. The van der Waals surface area contributed by atoms with Gasteiger partial charge in [0.2, 0.25) is 0 Å². The topological polar surface area (TPSA) is 35.8 Å². The van der Waals surface area contributed by atoms with Crippen molar-refractivity contribution in [2.24, 2.45) is 0 Å². The molecule has 1 saturated carbocycles. The smallest absolute Gasteiger partial charge is 0.0843 e. The molecule has 0 unspecified atom stereocenters. The number of nitrogens with zero attached hydrogens (tertiary/aromatic N) is 1. The van der Waals surface area contributed by atoms with Crippen LogP contribution in [0.5, 0.6) is 0 Å². The summed E-state index contributed by atoms with van der Waals surface area (Å²) in [5.74, 6) is 0. The number of nitrogens with one attached hydrogen (secondary N) is 1. The summed E-state index contributed by atoms with van der Waals surface area (Å²) in [6.07, 6.45) is 2.53. The van der Waals surface area contributed by atoms with E-state index < -0.39 is 0 Å². The van der Waals surface area contributed by atoms with Crippen LogP contribution in [0.2, 0.25) is 0 Å². The molecule has 1 rings (SSSR count). The summed E-state index contributed by atoms with van der Waals surface area (Å²) in [6, 6.07) is 2.71. The lowest BCUT2D eigenvalue weighted by Gasteiger charge is -1.87. The van der Waals surface area contributed by atoms with E-state index in [1.54, 1.807) is 0 Å². The summed E-state index contributed by atoms with van der Waals surface area (Å²) in [5, 5.41) is 11.1. The van der Waals surface area contributed by atoms with Crippen LogP contribution in [0.1, 0.15) is 12.8 Å². The molecule has 0 bridgehead atoms. The molecule has 0 amide bonds. The lowest BCUT2D eigenvalue weighted by molar-refractivity contribution is 0.759. The molecule has 1 aliphatic carbocycles. The van der Waals surface area contributed by atoms with Crippen molar-refractivity contribution in [1.82, 2.24) is 5.32 Å². The summed E-state index contributed by atoms with van der Waals surface area (Å²) in [6.45, 7) is 0.519. The van der Waals surface area contributed by atoms with Gasteiger partial charge in [-0.1, -0.05) is 0 Å². The molecule has 1 fully saturated rings. The van der Waals surface area contributed by atoms with E-state index in [1.165, 1.54) is 12.8 Å². The Morgan fingerprint density at radius 2 is 2.25 bits per heavy atom. The highest BCUT2D eigenvalue weighted by Gasteiger charge is 2.19. The molecule has 3 heteroatoms. The van der Waals surface area contributed by atoms with Gasteiger partial charge in [-0.05, 0) is 12.8 Å². The molecule has 0 aromatic heterocycles. The van der Waals surface area contributed by atoms with E-state index in [-0.39, 0.29) is 12.4 Å². The van der Waals surface area contributed by atoms with E-state index in [0.29, 0.717) is 12.6 Å². The average Bonchev–Trinajstić information content (AvgIpc) is 2.42. The van der Waals surface area contributed by atoms with Crippen molar-refractivity contribution in [1.29, 1.82) is 5.26 Å². The normalized spacial score (nSPS) is 16.4. The van der Waals surface area contributed by atoms with Gasteiger partial charge in [0.1, 0.15) is 0 Å². The largest absolute Gasteiger partial charge is 0.302 e. The van der Waals surface area contributed by atoms with Gasteiger partial charge >= 0.3 is 0 Å². The Labute approximate surface area is 55.3 Å². The molecule has 0 saturated heterocycles. The predicted molar refractivity (Wildman–Crippen MR) is 33.9 cm³/mol. The summed E-state index contributed by atoms with van der Waals surface area (Å²) in [5.41, 5.74) is 0. The van der Waals surface area contributed by atoms with Crippen molar-refractivity contribution >= 4 is 12.4 Å². The lowest BCUT2D eigenvalue weighted by atomic mass is 10.6. The number of hydrogen-bond donors (Lipinski definition) is 1. The molecule has 0 spiro atoms. The summed E-state index contributed by atoms with van der Waals surface area (Å²) in [4.78, 5) is 0. The Balaban J connectivity index is 0.000000490. The van der Waals surface area contributed by atoms with Crippen molar-refractivity contribution in [3.05, 3.63) is 0 Å². The fourth-order valence-electron chi connectivity index (χ4n) is 0.477. The fraction of sp³-hybridized carbons (Fsp3) is 0.800. The molecule has 1 aliphatic rings. The van der Waals surface area contributed by atoms with Crippen molar-refractivity contribution in [2.75, 3.05) is 6.54 Å².